The Labute approximate surface area is 134 Å². The summed E-state index contributed by atoms with van der Waals surface area (Å²) < 4.78 is 1.11. The van der Waals surface area contributed by atoms with Crippen LogP contribution in [0.2, 0.25) is 0 Å². The van der Waals surface area contributed by atoms with Crippen molar-refractivity contribution in [1.29, 1.82) is 0 Å². The van der Waals surface area contributed by atoms with Crippen LogP contribution in [-0.2, 0) is 13.1 Å². The smallest absolute Gasteiger partial charge is 0.128 e. The second-order valence-corrected chi connectivity index (χ2v) is 6.54. The van der Waals surface area contributed by atoms with E-state index in [4.69, 9.17) is 4.98 Å². The highest BCUT2D eigenvalue weighted by Gasteiger charge is 2.20. The van der Waals surface area contributed by atoms with Crippen molar-refractivity contribution in [3.05, 3.63) is 58.2 Å². The van der Waals surface area contributed by atoms with Gasteiger partial charge in [0.1, 0.15) is 5.82 Å². The molecular weight excluding hydrogens is 326 g/mol. The molecule has 0 unspecified atom stereocenters. The second kappa shape index (κ2) is 6.58. The second-order valence-electron chi connectivity index (χ2n) is 5.63. The zero-order chi connectivity index (χ0) is 14.7. The maximum absolute atomic E-state index is 4.74. The van der Waals surface area contributed by atoms with Crippen molar-refractivity contribution in [2.24, 2.45) is 0 Å². The third-order valence-corrected chi connectivity index (χ3v) is 4.13. The Balaban J connectivity index is 1.65. The molecule has 110 valence electrons. The summed E-state index contributed by atoms with van der Waals surface area (Å²) in [6.45, 7) is 1.72. The number of anilines is 1. The minimum absolute atomic E-state index is 0.717. The first kappa shape index (κ1) is 14.5. The molecule has 1 aliphatic carbocycles. The summed E-state index contributed by atoms with van der Waals surface area (Å²) in [5.74, 6) is 1.02. The molecule has 3 nitrogen and oxygen atoms in total. The maximum atomic E-state index is 4.74. The maximum Gasteiger partial charge on any atom is 0.128 e. The largest absolute Gasteiger partial charge is 0.355 e. The first-order valence-corrected chi connectivity index (χ1v) is 8.15. The van der Waals surface area contributed by atoms with Crippen molar-refractivity contribution in [1.82, 2.24) is 10.3 Å². The fourth-order valence-electron chi connectivity index (χ4n) is 2.30. The number of pyridine rings is 1. The summed E-state index contributed by atoms with van der Waals surface area (Å²) in [5.41, 5.74) is 2.38. The van der Waals surface area contributed by atoms with Crippen LogP contribution < -0.4 is 10.2 Å². The van der Waals surface area contributed by atoms with E-state index in [0.29, 0.717) is 0 Å². The zero-order valence-corrected chi connectivity index (χ0v) is 13.8. The molecule has 1 N–H and O–H groups in total. The Morgan fingerprint density at radius 1 is 1.24 bits per heavy atom. The molecule has 0 bridgehead atoms. The predicted molar refractivity (Wildman–Crippen MR) is 90.3 cm³/mol. The standard InChI is InChI=1S/C17H20BrN3/c1-21(12-13-4-2-5-14(18)10-13)17-7-3-6-16(20-17)11-19-15-8-9-15/h2-7,10,15,19H,8-9,11-12H2,1H3. The van der Waals surface area contributed by atoms with Crippen molar-refractivity contribution < 1.29 is 0 Å². The van der Waals surface area contributed by atoms with Crippen LogP contribution in [0.25, 0.3) is 0 Å². The molecule has 1 aromatic carbocycles. The monoisotopic (exact) mass is 345 g/mol. The molecular formula is C17H20BrN3. The van der Waals surface area contributed by atoms with Crippen molar-refractivity contribution in [3.8, 4) is 0 Å². The number of benzene rings is 1. The highest BCUT2D eigenvalue weighted by Crippen LogP contribution is 2.20. The highest BCUT2D eigenvalue weighted by atomic mass is 79.9. The molecule has 4 heteroatoms. The van der Waals surface area contributed by atoms with Gasteiger partial charge in [-0.3, -0.25) is 0 Å². The Bertz CT molecular complexity index is 610. The average Bonchev–Trinajstić information content (AvgIpc) is 3.30. The molecule has 0 saturated heterocycles. The molecule has 1 heterocycles. The quantitative estimate of drug-likeness (QED) is 0.864. The van der Waals surface area contributed by atoms with E-state index in [9.17, 15) is 0 Å². The Morgan fingerprint density at radius 3 is 2.81 bits per heavy atom. The van der Waals surface area contributed by atoms with Crippen LogP contribution in [0.15, 0.2) is 46.9 Å². The third kappa shape index (κ3) is 4.29. The van der Waals surface area contributed by atoms with Crippen molar-refractivity contribution >= 4 is 21.7 Å². The summed E-state index contributed by atoms with van der Waals surface area (Å²) in [5, 5.41) is 3.51. The van der Waals surface area contributed by atoms with E-state index in [0.717, 1.165) is 35.1 Å². The summed E-state index contributed by atoms with van der Waals surface area (Å²) in [7, 11) is 2.08. The van der Waals surface area contributed by atoms with Gasteiger partial charge < -0.3 is 10.2 Å². The van der Waals surface area contributed by atoms with Gasteiger partial charge in [-0.05, 0) is 42.7 Å². The molecule has 1 aromatic heterocycles. The average molecular weight is 346 g/mol. The number of nitrogens with one attached hydrogen (secondary N) is 1. The van der Waals surface area contributed by atoms with E-state index in [1.54, 1.807) is 0 Å². The number of nitrogens with zero attached hydrogens (tertiary/aromatic N) is 2. The van der Waals surface area contributed by atoms with Crippen molar-refractivity contribution in [3.63, 3.8) is 0 Å². The predicted octanol–water partition coefficient (Wildman–Crippen LogP) is 3.73. The van der Waals surface area contributed by atoms with Gasteiger partial charge in [0.15, 0.2) is 0 Å². The van der Waals surface area contributed by atoms with Gasteiger partial charge in [-0.2, -0.15) is 0 Å². The normalized spacial score (nSPS) is 14.2. The van der Waals surface area contributed by atoms with Crippen LogP contribution in [0.4, 0.5) is 5.82 Å². The van der Waals surface area contributed by atoms with Crippen LogP contribution >= 0.6 is 15.9 Å². The number of rotatable bonds is 6. The van der Waals surface area contributed by atoms with Gasteiger partial charge in [-0.25, -0.2) is 4.98 Å². The van der Waals surface area contributed by atoms with Gasteiger partial charge in [0.2, 0.25) is 0 Å². The molecule has 1 aliphatic rings. The molecule has 1 saturated carbocycles. The van der Waals surface area contributed by atoms with Crippen LogP contribution in [0.5, 0.6) is 0 Å². The molecule has 0 spiro atoms. The van der Waals surface area contributed by atoms with Crippen molar-refractivity contribution in [2.45, 2.75) is 32.0 Å². The topological polar surface area (TPSA) is 28.2 Å². The lowest BCUT2D eigenvalue weighted by Crippen LogP contribution is -2.20. The number of hydrogen-bond donors (Lipinski definition) is 1. The van der Waals surface area contributed by atoms with Crippen LogP contribution in [0.1, 0.15) is 24.1 Å². The van der Waals surface area contributed by atoms with Crippen LogP contribution in [0, 0.1) is 0 Å². The fourth-order valence-corrected chi connectivity index (χ4v) is 2.75. The number of aromatic nitrogens is 1. The molecule has 0 aliphatic heterocycles. The molecule has 2 aromatic rings. The van der Waals surface area contributed by atoms with Gasteiger partial charge in [0, 0.05) is 30.7 Å². The van der Waals surface area contributed by atoms with E-state index >= 15 is 0 Å². The van der Waals surface area contributed by atoms with Gasteiger partial charge in [-0.15, -0.1) is 0 Å². The third-order valence-electron chi connectivity index (χ3n) is 3.64. The van der Waals surface area contributed by atoms with E-state index in [1.807, 2.05) is 6.07 Å². The molecule has 0 amide bonds. The SMILES string of the molecule is CN(Cc1cccc(Br)c1)c1cccc(CNC2CC2)n1. The minimum atomic E-state index is 0.717. The minimum Gasteiger partial charge on any atom is -0.355 e. The van der Waals surface area contributed by atoms with Gasteiger partial charge in [0.05, 0.1) is 5.69 Å². The van der Waals surface area contributed by atoms with E-state index < -0.39 is 0 Å². The molecule has 0 radical (unpaired) electrons. The van der Waals surface area contributed by atoms with E-state index in [-0.39, 0.29) is 0 Å². The first-order valence-electron chi connectivity index (χ1n) is 7.35. The van der Waals surface area contributed by atoms with Crippen LogP contribution in [0.3, 0.4) is 0 Å². The van der Waals surface area contributed by atoms with E-state index in [1.165, 1.54) is 18.4 Å². The Kier molecular flexibility index (Phi) is 4.56. The first-order chi connectivity index (χ1) is 10.2. The van der Waals surface area contributed by atoms with Gasteiger partial charge in [0.25, 0.3) is 0 Å². The zero-order valence-electron chi connectivity index (χ0n) is 12.2. The van der Waals surface area contributed by atoms with Crippen LogP contribution in [-0.4, -0.2) is 18.1 Å². The fraction of sp³-hybridized carbons (Fsp3) is 0.353. The lowest BCUT2D eigenvalue weighted by Gasteiger charge is -2.19. The highest BCUT2D eigenvalue weighted by molar-refractivity contribution is 9.10. The Morgan fingerprint density at radius 2 is 2.05 bits per heavy atom. The molecule has 3 rings (SSSR count). The summed E-state index contributed by atoms with van der Waals surface area (Å²) in [6.07, 6.45) is 2.62. The summed E-state index contributed by atoms with van der Waals surface area (Å²) >= 11 is 3.52. The number of hydrogen-bond acceptors (Lipinski definition) is 3. The summed E-state index contributed by atoms with van der Waals surface area (Å²) in [6, 6.07) is 15.4. The lowest BCUT2D eigenvalue weighted by molar-refractivity contribution is 0.673. The van der Waals surface area contributed by atoms with Gasteiger partial charge >= 0.3 is 0 Å². The van der Waals surface area contributed by atoms with Crippen molar-refractivity contribution in [2.75, 3.05) is 11.9 Å². The summed E-state index contributed by atoms with van der Waals surface area (Å²) in [4.78, 5) is 6.93. The molecule has 21 heavy (non-hydrogen) atoms. The number of halogens is 1. The molecule has 0 atom stereocenters. The van der Waals surface area contributed by atoms with E-state index in [2.05, 4.69) is 69.6 Å². The lowest BCUT2D eigenvalue weighted by atomic mass is 10.2. The molecule has 1 fully saturated rings. The van der Waals surface area contributed by atoms with Gasteiger partial charge in [-0.1, -0.05) is 34.1 Å². The Hall–Kier alpha value is -1.39.